The van der Waals surface area contributed by atoms with E-state index in [0.717, 1.165) is 6.54 Å². The Morgan fingerprint density at radius 2 is 1.63 bits per heavy atom. The maximum atomic E-state index is 3.86. The lowest BCUT2D eigenvalue weighted by Crippen LogP contribution is -2.39. The van der Waals surface area contributed by atoms with Crippen molar-refractivity contribution in [2.45, 2.75) is 59.2 Å². The van der Waals surface area contributed by atoms with E-state index in [1.165, 1.54) is 64.1 Å². The van der Waals surface area contributed by atoms with E-state index in [1.807, 2.05) is 0 Å². The van der Waals surface area contributed by atoms with Crippen molar-refractivity contribution in [3.05, 3.63) is 118 Å². The molecule has 2 aromatic carbocycles. The van der Waals surface area contributed by atoms with E-state index in [-0.39, 0.29) is 0 Å². The lowest BCUT2D eigenvalue weighted by molar-refractivity contribution is 0.186. The molecule has 2 aliphatic rings. The first-order valence-electron chi connectivity index (χ1n) is 13.2. The van der Waals surface area contributed by atoms with Crippen LogP contribution in [0.2, 0.25) is 0 Å². The van der Waals surface area contributed by atoms with Crippen molar-refractivity contribution in [2.75, 3.05) is 13.1 Å². The molecule has 4 rings (SSSR count). The second kappa shape index (κ2) is 12.2. The predicted molar refractivity (Wildman–Crippen MR) is 151 cm³/mol. The first kappa shape index (κ1) is 25.2. The molecule has 35 heavy (non-hydrogen) atoms. The standard InChI is InChI=1S/C33H40N2/c1-5-8-15-25(4)28(13-6-2)30-16-9-10-17-31(30)29(14-7-3)26-19-21-27(22-20-26)32-24-35-23-12-11-18-33(35)34-32/h5-10,13-17,19-22,32-34H,11-12,18,23-24H2,1-4H3/b8-5-,13-6+,14-7+,25-15+,30-28?,31-29+. The average Bonchev–Trinajstić information content (AvgIpc) is 3.34. The number of allylic oxidation sites excluding steroid dienone is 8. The summed E-state index contributed by atoms with van der Waals surface area (Å²) in [7, 11) is 0. The molecule has 1 N–H and O–H groups in total. The summed E-state index contributed by atoms with van der Waals surface area (Å²) in [5, 5.41) is 6.38. The SMILES string of the molecule is C/C=C\C=C(/C)C(/C=C/C)=c1cccc/c1=C(/C=C/C)c1ccc(C2CN3CCCCC3N2)cc1. The van der Waals surface area contributed by atoms with Crippen LogP contribution in [0.3, 0.4) is 0 Å². The van der Waals surface area contributed by atoms with Crippen LogP contribution in [-0.4, -0.2) is 24.2 Å². The summed E-state index contributed by atoms with van der Waals surface area (Å²) in [6, 6.07) is 18.5. The van der Waals surface area contributed by atoms with Crippen molar-refractivity contribution in [1.82, 2.24) is 10.2 Å². The first-order chi connectivity index (χ1) is 17.2. The first-order valence-corrected chi connectivity index (χ1v) is 13.2. The van der Waals surface area contributed by atoms with Crippen molar-refractivity contribution < 1.29 is 0 Å². The van der Waals surface area contributed by atoms with Crippen LogP contribution >= 0.6 is 0 Å². The second-order valence-corrected chi connectivity index (χ2v) is 9.60. The number of rotatable bonds is 6. The van der Waals surface area contributed by atoms with E-state index in [1.54, 1.807) is 0 Å². The van der Waals surface area contributed by atoms with Gasteiger partial charge in [0, 0.05) is 12.6 Å². The molecule has 182 valence electrons. The molecule has 0 aliphatic carbocycles. The van der Waals surface area contributed by atoms with Crippen molar-refractivity contribution in [1.29, 1.82) is 0 Å². The monoisotopic (exact) mass is 464 g/mol. The van der Waals surface area contributed by atoms with Gasteiger partial charge < -0.3 is 0 Å². The Kier molecular flexibility index (Phi) is 8.74. The van der Waals surface area contributed by atoms with Gasteiger partial charge in [-0.1, -0.05) is 91.1 Å². The zero-order valence-electron chi connectivity index (χ0n) is 21.8. The molecule has 2 fully saturated rings. The van der Waals surface area contributed by atoms with Gasteiger partial charge in [-0.3, -0.25) is 10.2 Å². The van der Waals surface area contributed by atoms with Crippen LogP contribution in [-0.2, 0) is 0 Å². The van der Waals surface area contributed by atoms with E-state index in [2.05, 4.69) is 129 Å². The molecule has 0 aromatic heterocycles. The molecule has 0 spiro atoms. The van der Waals surface area contributed by atoms with Crippen molar-refractivity contribution in [2.24, 2.45) is 0 Å². The van der Waals surface area contributed by atoms with Crippen LogP contribution in [0.25, 0.3) is 11.1 Å². The van der Waals surface area contributed by atoms with E-state index < -0.39 is 0 Å². The summed E-state index contributed by atoms with van der Waals surface area (Å²) in [6.07, 6.45) is 19.6. The average molecular weight is 465 g/mol. The van der Waals surface area contributed by atoms with Gasteiger partial charge in [-0.2, -0.15) is 0 Å². The fourth-order valence-corrected chi connectivity index (χ4v) is 5.41. The van der Waals surface area contributed by atoms with Crippen LogP contribution in [0.4, 0.5) is 0 Å². The van der Waals surface area contributed by atoms with E-state index >= 15 is 0 Å². The number of nitrogens with zero attached hydrogens (tertiary/aromatic N) is 1. The van der Waals surface area contributed by atoms with Gasteiger partial charge in [0.15, 0.2) is 0 Å². The number of hydrogen-bond donors (Lipinski definition) is 1. The molecule has 2 aliphatic heterocycles. The molecule has 0 radical (unpaired) electrons. The lowest BCUT2D eigenvalue weighted by Gasteiger charge is -2.28. The highest BCUT2D eigenvalue weighted by molar-refractivity contribution is 5.77. The van der Waals surface area contributed by atoms with Crippen LogP contribution in [0.1, 0.15) is 64.1 Å². The minimum atomic E-state index is 0.429. The topological polar surface area (TPSA) is 15.3 Å². The third-order valence-electron chi connectivity index (χ3n) is 7.19. The van der Waals surface area contributed by atoms with Crippen LogP contribution in [0.15, 0.2) is 96.6 Å². The van der Waals surface area contributed by atoms with Gasteiger partial charge in [0.2, 0.25) is 0 Å². The van der Waals surface area contributed by atoms with Gasteiger partial charge in [-0.05, 0) is 91.8 Å². The van der Waals surface area contributed by atoms with Crippen LogP contribution < -0.4 is 15.8 Å². The minimum absolute atomic E-state index is 0.429. The molecule has 0 amide bonds. The largest absolute Gasteiger partial charge is 0.294 e. The zero-order valence-corrected chi connectivity index (χ0v) is 21.8. The van der Waals surface area contributed by atoms with Gasteiger partial charge in [-0.15, -0.1) is 0 Å². The molecule has 2 nitrogen and oxygen atoms in total. The third kappa shape index (κ3) is 5.83. The summed E-state index contributed by atoms with van der Waals surface area (Å²) in [5.74, 6) is 0. The summed E-state index contributed by atoms with van der Waals surface area (Å²) in [6.45, 7) is 10.8. The molecule has 0 bridgehead atoms. The molecular formula is C33H40N2. The van der Waals surface area contributed by atoms with Crippen molar-refractivity contribution in [3.8, 4) is 0 Å². The van der Waals surface area contributed by atoms with Crippen LogP contribution in [0, 0.1) is 0 Å². The molecule has 2 heterocycles. The summed E-state index contributed by atoms with van der Waals surface area (Å²) >= 11 is 0. The number of fused-ring (bicyclic) bond motifs is 1. The molecule has 0 saturated carbocycles. The van der Waals surface area contributed by atoms with Crippen molar-refractivity contribution in [3.63, 3.8) is 0 Å². The normalized spacial score (nSPS) is 23.4. The Morgan fingerprint density at radius 3 is 2.31 bits per heavy atom. The Balaban J connectivity index is 1.81. The fraction of sp³-hybridized carbons (Fsp3) is 0.333. The Morgan fingerprint density at radius 1 is 0.886 bits per heavy atom. The zero-order chi connectivity index (χ0) is 24.6. The summed E-state index contributed by atoms with van der Waals surface area (Å²) < 4.78 is 0. The number of piperidine rings is 1. The molecule has 2 atom stereocenters. The number of hydrogen-bond acceptors (Lipinski definition) is 2. The smallest absolute Gasteiger partial charge is 0.0602 e. The molecule has 2 unspecified atom stereocenters. The minimum Gasteiger partial charge on any atom is -0.294 e. The van der Waals surface area contributed by atoms with Gasteiger partial charge in [0.25, 0.3) is 0 Å². The second-order valence-electron chi connectivity index (χ2n) is 9.60. The van der Waals surface area contributed by atoms with E-state index in [4.69, 9.17) is 0 Å². The van der Waals surface area contributed by atoms with Gasteiger partial charge >= 0.3 is 0 Å². The highest BCUT2D eigenvalue weighted by Crippen LogP contribution is 2.28. The van der Waals surface area contributed by atoms with Crippen LogP contribution in [0.5, 0.6) is 0 Å². The Labute approximate surface area is 211 Å². The quantitative estimate of drug-likeness (QED) is 0.515. The van der Waals surface area contributed by atoms with Crippen molar-refractivity contribution >= 4 is 11.1 Å². The van der Waals surface area contributed by atoms with Gasteiger partial charge in [0.1, 0.15) is 0 Å². The highest BCUT2D eigenvalue weighted by Gasteiger charge is 2.33. The molecule has 2 heteroatoms. The lowest BCUT2D eigenvalue weighted by atomic mass is 9.95. The summed E-state index contributed by atoms with van der Waals surface area (Å²) in [5.41, 5.74) is 6.42. The maximum absolute atomic E-state index is 3.86. The van der Waals surface area contributed by atoms with E-state index in [0.29, 0.717) is 12.2 Å². The van der Waals surface area contributed by atoms with E-state index in [9.17, 15) is 0 Å². The molecular weight excluding hydrogens is 424 g/mol. The molecule has 2 saturated heterocycles. The number of nitrogens with one attached hydrogen (secondary N) is 1. The Bertz CT molecular complexity index is 1230. The number of benzene rings is 2. The summed E-state index contributed by atoms with van der Waals surface area (Å²) in [4.78, 5) is 2.62. The highest BCUT2D eigenvalue weighted by atomic mass is 15.3. The fourth-order valence-electron chi connectivity index (χ4n) is 5.41. The molecule has 2 aromatic rings. The maximum Gasteiger partial charge on any atom is 0.0602 e. The van der Waals surface area contributed by atoms with Gasteiger partial charge in [0.05, 0.1) is 6.17 Å². The van der Waals surface area contributed by atoms with Gasteiger partial charge in [-0.25, -0.2) is 0 Å². The predicted octanol–water partition coefficient (Wildman–Crippen LogP) is 6.17. The third-order valence-corrected chi connectivity index (χ3v) is 7.19. The Hall–Kier alpha value is -2.94.